The van der Waals surface area contributed by atoms with E-state index in [4.69, 9.17) is 9.63 Å². The zero-order valence-corrected chi connectivity index (χ0v) is 11.3. The molecule has 0 fully saturated rings. The Bertz CT molecular complexity index is 840. The van der Waals surface area contributed by atoms with Gasteiger partial charge in [-0.2, -0.15) is 4.98 Å². The molecule has 6 heteroatoms. The highest BCUT2D eigenvalue weighted by molar-refractivity contribution is 6.12. The average Bonchev–Trinajstić information content (AvgIpc) is 3.05. The molecular formula is C16H10N2O4. The number of carboxylic acids is 1. The molecule has 0 saturated heterocycles. The molecule has 3 aromatic rings. The van der Waals surface area contributed by atoms with Crippen LogP contribution in [0, 0.1) is 0 Å². The van der Waals surface area contributed by atoms with Crippen LogP contribution in [0.3, 0.4) is 0 Å². The fourth-order valence-electron chi connectivity index (χ4n) is 2.00. The van der Waals surface area contributed by atoms with Crippen LogP contribution < -0.4 is 0 Å². The summed E-state index contributed by atoms with van der Waals surface area (Å²) < 4.78 is 4.97. The Kier molecular flexibility index (Phi) is 3.49. The van der Waals surface area contributed by atoms with Gasteiger partial charge in [-0.25, -0.2) is 4.79 Å². The van der Waals surface area contributed by atoms with Crippen LogP contribution in [0.15, 0.2) is 59.1 Å². The Labute approximate surface area is 125 Å². The quantitative estimate of drug-likeness (QED) is 0.743. The molecule has 0 aliphatic carbocycles. The van der Waals surface area contributed by atoms with Gasteiger partial charge >= 0.3 is 5.97 Å². The van der Waals surface area contributed by atoms with E-state index in [0.717, 1.165) is 0 Å². The van der Waals surface area contributed by atoms with Gasteiger partial charge in [-0.3, -0.25) is 4.79 Å². The molecular weight excluding hydrogens is 284 g/mol. The van der Waals surface area contributed by atoms with Crippen molar-refractivity contribution in [2.45, 2.75) is 0 Å². The lowest BCUT2D eigenvalue weighted by Crippen LogP contribution is -2.09. The summed E-state index contributed by atoms with van der Waals surface area (Å²) in [6.45, 7) is 0. The number of carbonyl (C=O) groups is 2. The van der Waals surface area contributed by atoms with Gasteiger partial charge in [0.25, 0.3) is 11.7 Å². The lowest BCUT2D eigenvalue weighted by atomic mass is 10.0. The number of carboxylic acid groups (broad SMARTS) is 1. The fourth-order valence-corrected chi connectivity index (χ4v) is 2.00. The highest BCUT2D eigenvalue weighted by Crippen LogP contribution is 2.18. The maximum absolute atomic E-state index is 12.4. The van der Waals surface area contributed by atoms with Crippen molar-refractivity contribution in [1.29, 1.82) is 0 Å². The molecule has 0 aliphatic rings. The number of nitrogens with zero attached hydrogens (tertiary/aromatic N) is 2. The number of rotatable bonds is 4. The highest BCUT2D eigenvalue weighted by atomic mass is 16.5. The number of hydrogen-bond donors (Lipinski definition) is 1. The van der Waals surface area contributed by atoms with Crippen LogP contribution in [0.25, 0.3) is 11.4 Å². The molecule has 0 atom stereocenters. The van der Waals surface area contributed by atoms with Crippen molar-refractivity contribution >= 4 is 11.8 Å². The molecule has 0 radical (unpaired) electrons. The molecule has 22 heavy (non-hydrogen) atoms. The van der Waals surface area contributed by atoms with Crippen molar-refractivity contribution in [3.8, 4) is 11.4 Å². The van der Waals surface area contributed by atoms with Crippen molar-refractivity contribution in [3.63, 3.8) is 0 Å². The SMILES string of the molecule is O=C(O)c1ccccc1C(=O)c1nc(-c2ccccc2)no1. The molecule has 1 aromatic heterocycles. The smallest absolute Gasteiger partial charge is 0.336 e. The van der Waals surface area contributed by atoms with Gasteiger partial charge in [-0.15, -0.1) is 0 Å². The minimum absolute atomic E-state index is 0.0123. The molecule has 0 amide bonds. The summed E-state index contributed by atoms with van der Waals surface area (Å²) in [5.41, 5.74) is 0.613. The molecule has 108 valence electrons. The zero-order valence-electron chi connectivity index (χ0n) is 11.3. The molecule has 0 saturated carbocycles. The summed E-state index contributed by atoms with van der Waals surface area (Å²) in [4.78, 5) is 27.6. The van der Waals surface area contributed by atoms with E-state index in [2.05, 4.69) is 10.1 Å². The molecule has 3 rings (SSSR count). The molecule has 6 nitrogen and oxygen atoms in total. The Morgan fingerprint density at radius 3 is 2.23 bits per heavy atom. The zero-order chi connectivity index (χ0) is 15.5. The average molecular weight is 294 g/mol. The molecule has 1 N–H and O–H groups in total. The van der Waals surface area contributed by atoms with Gasteiger partial charge in [0.05, 0.1) is 5.56 Å². The van der Waals surface area contributed by atoms with E-state index in [1.54, 1.807) is 24.3 Å². The summed E-state index contributed by atoms with van der Waals surface area (Å²) in [7, 11) is 0. The van der Waals surface area contributed by atoms with Crippen LogP contribution in [0.2, 0.25) is 0 Å². The number of hydrogen-bond acceptors (Lipinski definition) is 5. The van der Waals surface area contributed by atoms with Crippen LogP contribution in [-0.2, 0) is 0 Å². The third-order valence-corrected chi connectivity index (χ3v) is 3.05. The number of ketones is 1. The predicted octanol–water partition coefficient (Wildman–Crippen LogP) is 2.67. The second kappa shape index (κ2) is 5.61. The van der Waals surface area contributed by atoms with Gasteiger partial charge in [0.1, 0.15) is 0 Å². The van der Waals surface area contributed by atoms with Crippen LogP contribution in [-0.4, -0.2) is 27.0 Å². The number of benzene rings is 2. The molecule has 2 aromatic carbocycles. The Hall–Kier alpha value is -3.28. The minimum atomic E-state index is -1.19. The van der Waals surface area contributed by atoms with Crippen LogP contribution in [0.4, 0.5) is 0 Å². The summed E-state index contributed by atoms with van der Waals surface area (Å²) in [5, 5.41) is 12.9. The van der Waals surface area contributed by atoms with Gasteiger partial charge in [0.2, 0.25) is 5.82 Å². The molecule has 0 aliphatic heterocycles. The summed E-state index contributed by atoms with van der Waals surface area (Å²) in [6.07, 6.45) is 0. The molecule has 1 heterocycles. The fraction of sp³-hybridized carbons (Fsp3) is 0. The maximum Gasteiger partial charge on any atom is 0.336 e. The van der Waals surface area contributed by atoms with Crippen molar-refractivity contribution in [2.24, 2.45) is 0 Å². The second-order valence-electron chi connectivity index (χ2n) is 4.47. The first kappa shape index (κ1) is 13.7. The molecule has 0 unspecified atom stereocenters. The van der Waals surface area contributed by atoms with Crippen LogP contribution >= 0.6 is 0 Å². The van der Waals surface area contributed by atoms with E-state index in [0.29, 0.717) is 5.56 Å². The van der Waals surface area contributed by atoms with Crippen LogP contribution in [0.5, 0.6) is 0 Å². The Morgan fingerprint density at radius 1 is 0.909 bits per heavy atom. The number of carbonyl (C=O) groups excluding carboxylic acids is 1. The van der Waals surface area contributed by atoms with E-state index in [1.165, 1.54) is 12.1 Å². The number of aromatic nitrogens is 2. The first-order chi connectivity index (χ1) is 10.7. The Balaban J connectivity index is 1.98. The summed E-state index contributed by atoms with van der Waals surface area (Å²) in [6, 6.07) is 14.9. The second-order valence-corrected chi connectivity index (χ2v) is 4.47. The predicted molar refractivity (Wildman–Crippen MR) is 76.6 cm³/mol. The minimum Gasteiger partial charge on any atom is -0.478 e. The lowest BCUT2D eigenvalue weighted by Gasteiger charge is -2.00. The van der Waals surface area contributed by atoms with E-state index >= 15 is 0 Å². The standard InChI is InChI=1S/C16H10N2O4/c19-13(11-8-4-5-9-12(11)16(20)21)15-17-14(18-22-15)10-6-2-1-3-7-10/h1-9H,(H,20,21). The topological polar surface area (TPSA) is 93.3 Å². The van der Waals surface area contributed by atoms with Crippen molar-refractivity contribution < 1.29 is 19.2 Å². The van der Waals surface area contributed by atoms with Crippen molar-refractivity contribution in [2.75, 3.05) is 0 Å². The molecule has 0 spiro atoms. The first-order valence-electron chi connectivity index (χ1n) is 6.43. The van der Waals surface area contributed by atoms with Gasteiger partial charge in [-0.1, -0.05) is 47.6 Å². The van der Waals surface area contributed by atoms with E-state index in [1.807, 2.05) is 18.2 Å². The Morgan fingerprint density at radius 2 is 1.55 bits per heavy atom. The maximum atomic E-state index is 12.4. The highest BCUT2D eigenvalue weighted by Gasteiger charge is 2.22. The van der Waals surface area contributed by atoms with Gasteiger partial charge < -0.3 is 9.63 Å². The van der Waals surface area contributed by atoms with E-state index in [-0.39, 0.29) is 22.8 Å². The monoisotopic (exact) mass is 294 g/mol. The first-order valence-corrected chi connectivity index (χ1v) is 6.43. The van der Waals surface area contributed by atoms with Crippen molar-refractivity contribution in [1.82, 2.24) is 10.1 Å². The van der Waals surface area contributed by atoms with E-state index < -0.39 is 11.8 Å². The normalized spacial score (nSPS) is 10.4. The van der Waals surface area contributed by atoms with Gasteiger partial charge in [0, 0.05) is 11.1 Å². The molecule has 0 bridgehead atoms. The van der Waals surface area contributed by atoms with Gasteiger partial charge in [-0.05, 0) is 12.1 Å². The third kappa shape index (κ3) is 2.49. The van der Waals surface area contributed by atoms with Gasteiger partial charge in [0.15, 0.2) is 0 Å². The van der Waals surface area contributed by atoms with E-state index in [9.17, 15) is 9.59 Å². The summed E-state index contributed by atoms with van der Waals surface area (Å²) >= 11 is 0. The largest absolute Gasteiger partial charge is 0.478 e. The third-order valence-electron chi connectivity index (χ3n) is 3.05. The summed E-state index contributed by atoms with van der Waals surface area (Å²) in [5.74, 6) is -1.77. The van der Waals surface area contributed by atoms with Crippen molar-refractivity contribution in [3.05, 3.63) is 71.6 Å². The number of aromatic carboxylic acids is 1. The lowest BCUT2D eigenvalue weighted by molar-refractivity contribution is 0.0692. The van der Waals surface area contributed by atoms with Crippen LogP contribution in [0.1, 0.15) is 26.6 Å².